The highest BCUT2D eigenvalue weighted by Gasteiger charge is 2.14. The van der Waals surface area contributed by atoms with Crippen molar-refractivity contribution in [3.63, 3.8) is 0 Å². The SMILES string of the molecule is O=C(CSc1nc2ccc(OC(F)F)cc2[nH]1)c1c[nH]c2ccccc12. The molecule has 0 aliphatic rings. The van der Waals surface area contributed by atoms with Crippen LogP contribution < -0.4 is 4.74 Å². The van der Waals surface area contributed by atoms with Gasteiger partial charge in [-0.25, -0.2) is 4.98 Å². The first-order valence-corrected chi connectivity index (χ1v) is 8.75. The smallest absolute Gasteiger partial charge is 0.387 e. The molecule has 8 heteroatoms. The van der Waals surface area contributed by atoms with Crippen molar-refractivity contribution in [3.8, 4) is 5.75 Å². The number of fused-ring (bicyclic) bond motifs is 2. The number of nitrogens with zero attached hydrogens (tertiary/aromatic N) is 1. The molecule has 4 rings (SSSR count). The van der Waals surface area contributed by atoms with Crippen molar-refractivity contribution in [1.29, 1.82) is 0 Å². The molecule has 0 saturated carbocycles. The second kappa shape index (κ2) is 6.80. The Morgan fingerprint density at radius 1 is 1.19 bits per heavy atom. The van der Waals surface area contributed by atoms with Gasteiger partial charge in [0, 0.05) is 28.7 Å². The van der Waals surface area contributed by atoms with Gasteiger partial charge in [-0.15, -0.1) is 0 Å². The lowest BCUT2D eigenvalue weighted by Gasteiger charge is -2.02. The van der Waals surface area contributed by atoms with E-state index in [1.165, 1.54) is 23.9 Å². The van der Waals surface area contributed by atoms with Crippen LogP contribution in [-0.2, 0) is 0 Å². The summed E-state index contributed by atoms with van der Waals surface area (Å²) in [5, 5.41) is 1.43. The second-order valence-electron chi connectivity index (χ2n) is 5.56. The molecule has 0 saturated heterocycles. The molecule has 0 radical (unpaired) electrons. The normalized spacial score (nSPS) is 11.5. The Morgan fingerprint density at radius 2 is 2.04 bits per heavy atom. The number of carbonyl (C=O) groups excluding carboxylic acids is 1. The molecule has 0 bridgehead atoms. The van der Waals surface area contributed by atoms with Crippen LogP contribution in [0.15, 0.2) is 53.8 Å². The maximum absolute atomic E-state index is 12.5. The molecular weight excluding hydrogens is 360 g/mol. The molecule has 2 N–H and O–H groups in total. The number of benzene rings is 2. The van der Waals surface area contributed by atoms with Gasteiger partial charge >= 0.3 is 6.61 Å². The number of nitrogens with one attached hydrogen (secondary N) is 2. The number of carbonyl (C=O) groups is 1. The van der Waals surface area contributed by atoms with Crippen LogP contribution in [0.4, 0.5) is 8.78 Å². The van der Waals surface area contributed by atoms with Gasteiger partial charge in [0.25, 0.3) is 0 Å². The van der Waals surface area contributed by atoms with Gasteiger partial charge in [-0.1, -0.05) is 30.0 Å². The van der Waals surface area contributed by atoms with E-state index in [0.717, 1.165) is 10.9 Å². The van der Waals surface area contributed by atoms with Crippen LogP contribution >= 0.6 is 11.8 Å². The van der Waals surface area contributed by atoms with Gasteiger partial charge in [0.2, 0.25) is 0 Å². The van der Waals surface area contributed by atoms with Crippen molar-refractivity contribution in [2.24, 2.45) is 0 Å². The minimum atomic E-state index is -2.88. The van der Waals surface area contributed by atoms with E-state index in [1.807, 2.05) is 24.3 Å². The molecule has 26 heavy (non-hydrogen) atoms. The Kier molecular flexibility index (Phi) is 4.34. The molecule has 0 atom stereocenters. The van der Waals surface area contributed by atoms with Gasteiger partial charge in [-0.3, -0.25) is 4.79 Å². The number of rotatable bonds is 6. The third-order valence-electron chi connectivity index (χ3n) is 3.89. The number of hydrogen-bond donors (Lipinski definition) is 2. The van der Waals surface area contributed by atoms with Crippen LogP contribution in [0.5, 0.6) is 5.75 Å². The predicted molar refractivity (Wildman–Crippen MR) is 96.1 cm³/mol. The monoisotopic (exact) mass is 373 g/mol. The number of halogens is 2. The van der Waals surface area contributed by atoms with Crippen LogP contribution in [-0.4, -0.2) is 33.1 Å². The van der Waals surface area contributed by atoms with E-state index in [0.29, 0.717) is 21.8 Å². The number of aromatic amines is 2. The van der Waals surface area contributed by atoms with Gasteiger partial charge in [-0.05, 0) is 18.2 Å². The maximum atomic E-state index is 12.5. The number of thioether (sulfide) groups is 1. The van der Waals surface area contributed by atoms with Crippen molar-refractivity contribution in [2.45, 2.75) is 11.8 Å². The number of ether oxygens (including phenoxy) is 1. The topological polar surface area (TPSA) is 70.8 Å². The lowest BCUT2D eigenvalue weighted by molar-refractivity contribution is -0.0497. The van der Waals surface area contributed by atoms with Crippen LogP contribution in [0.2, 0.25) is 0 Å². The number of Topliss-reactive ketones (excluding diaryl/α,β-unsaturated/α-hetero) is 1. The lowest BCUT2D eigenvalue weighted by Crippen LogP contribution is -2.01. The lowest BCUT2D eigenvalue weighted by atomic mass is 10.1. The average molecular weight is 373 g/mol. The fourth-order valence-electron chi connectivity index (χ4n) is 2.72. The zero-order chi connectivity index (χ0) is 18.1. The number of H-pyrrole nitrogens is 2. The average Bonchev–Trinajstić information content (AvgIpc) is 3.22. The summed E-state index contributed by atoms with van der Waals surface area (Å²) in [6.45, 7) is -2.88. The molecule has 0 fully saturated rings. The Morgan fingerprint density at radius 3 is 2.88 bits per heavy atom. The third kappa shape index (κ3) is 3.28. The largest absolute Gasteiger partial charge is 0.435 e. The quantitative estimate of drug-likeness (QED) is 0.382. The highest BCUT2D eigenvalue weighted by Crippen LogP contribution is 2.26. The summed E-state index contributed by atoms with van der Waals surface area (Å²) in [6.07, 6.45) is 1.71. The Balaban J connectivity index is 1.49. The van der Waals surface area contributed by atoms with Crippen molar-refractivity contribution < 1.29 is 18.3 Å². The molecule has 0 unspecified atom stereocenters. The van der Waals surface area contributed by atoms with Gasteiger partial charge < -0.3 is 14.7 Å². The van der Waals surface area contributed by atoms with E-state index in [9.17, 15) is 13.6 Å². The fraction of sp³-hybridized carbons (Fsp3) is 0.111. The van der Waals surface area contributed by atoms with E-state index >= 15 is 0 Å². The summed E-state index contributed by atoms with van der Waals surface area (Å²) in [7, 11) is 0. The number of hydrogen-bond acceptors (Lipinski definition) is 4. The number of aromatic nitrogens is 3. The summed E-state index contributed by atoms with van der Waals surface area (Å²) in [4.78, 5) is 22.9. The molecule has 2 aromatic carbocycles. The van der Waals surface area contributed by atoms with Crippen LogP contribution in [0.25, 0.3) is 21.9 Å². The third-order valence-corrected chi connectivity index (χ3v) is 4.76. The molecule has 0 spiro atoms. The Hall–Kier alpha value is -2.87. The maximum Gasteiger partial charge on any atom is 0.387 e. The molecule has 0 aliphatic carbocycles. The first-order chi connectivity index (χ1) is 12.6. The molecule has 0 aliphatic heterocycles. The number of alkyl halides is 2. The summed E-state index contributed by atoms with van der Waals surface area (Å²) in [5.74, 6) is 0.249. The van der Waals surface area contributed by atoms with E-state index in [-0.39, 0.29) is 17.3 Å². The van der Waals surface area contributed by atoms with Crippen LogP contribution in [0.1, 0.15) is 10.4 Å². The molecule has 5 nitrogen and oxygen atoms in total. The summed E-state index contributed by atoms with van der Waals surface area (Å²) >= 11 is 1.26. The minimum Gasteiger partial charge on any atom is -0.435 e. The van der Waals surface area contributed by atoms with Gasteiger partial charge in [-0.2, -0.15) is 8.78 Å². The first-order valence-electron chi connectivity index (χ1n) is 7.77. The van der Waals surface area contributed by atoms with Gasteiger partial charge in [0.15, 0.2) is 10.9 Å². The van der Waals surface area contributed by atoms with E-state index in [2.05, 4.69) is 19.7 Å². The zero-order valence-electron chi connectivity index (χ0n) is 13.3. The molecule has 2 aromatic heterocycles. The number of imidazole rings is 1. The van der Waals surface area contributed by atoms with Crippen LogP contribution in [0.3, 0.4) is 0 Å². The first kappa shape index (κ1) is 16.6. The fourth-order valence-corrected chi connectivity index (χ4v) is 3.49. The standard InChI is InChI=1S/C18H13F2N3O2S/c19-17(20)25-10-5-6-14-15(7-10)23-18(22-14)26-9-16(24)12-8-21-13-4-2-1-3-11(12)13/h1-8,17,21H,9H2,(H,22,23). The molecular formula is C18H13F2N3O2S. The second-order valence-corrected chi connectivity index (χ2v) is 6.52. The predicted octanol–water partition coefficient (Wildman–Crippen LogP) is 4.62. The molecule has 0 amide bonds. The van der Waals surface area contributed by atoms with Gasteiger partial charge in [0.1, 0.15) is 5.75 Å². The van der Waals surface area contributed by atoms with Crippen molar-refractivity contribution in [1.82, 2.24) is 15.0 Å². The number of para-hydroxylation sites is 1. The molecule has 2 heterocycles. The summed E-state index contributed by atoms with van der Waals surface area (Å²) in [6, 6.07) is 12.1. The van der Waals surface area contributed by atoms with E-state index in [4.69, 9.17) is 0 Å². The van der Waals surface area contributed by atoms with E-state index < -0.39 is 6.61 Å². The Labute approximate surface area is 150 Å². The zero-order valence-corrected chi connectivity index (χ0v) is 14.1. The summed E-state index contributed by atoms with van der Waals surface area (Å²) in [5.41, 5.74) is 2.74. The summed E-state index contributed by atoms with van der Waals surface area (Å²) < 4.78 is 29.0. The molecule has 4 aromatic rings. The minimum absolute atomic E-state index is 0.0189. The van der Waals surface area contributed by atoms with Gasteiger partial charge in [0.05, 0.1) is 16.8 Å². The Bertz CT molecular complexity index is 1090. The molecule has 132 valence electrons. The van der Waals surface area contributed by atoms with Crippen molar-refractivity contribution in [3.05, 3.63) is 54.2 Å². The highest BCUT2D eigenvalue weighted by molar-refractivity contribution is 7.99. The van der Waals surface area contributed by atoms with Crippen LogP contribution in [0, 0.1) is 0 Å². The highest BCUT2D eigenvalue weighted by atomic mass is 32.2. The number of ketones is 1. The van der Waals surface area contributed by atoms with Crippen molar-refractivity contribution >= 4 is 39.5 Å². The van der Waals surface area contributed by atoms with E-state index in [1.54, 1.807) is 12.3 Å². The van der Waals surface area contributed by atoms with Crippen molar-refractivity contribution in [2.75, 3.05) is 5.75 Å².